The minimum absolute atomic E-state index is 0.0694. The molecule has 1 aromatic rings. The molecule has 0 fully saturated rings. The number of hydrogen-bond acceptors (Lipinski definition) is 4. The highest BCUT2D eigenvalue weighted by atomic mass is 35.7. The van der Waals surface area contributed by atoms with Crippen LogP contribution in [0, 0.1) is 27.6 Å². The zero-order valence-corrected chi connectivity index (χ0v) is 8.65. The van der Waals surface area contributed by atoms with Crippen molar-refractivity contribution in [1.29, 1.82) is 0 Å². The van der Waals surface area contributed by atoms with Crippen molar-refractivity contribution >= 4 is 25.4 Å². The molecule has 1 rings (SSSR count). The summed E-state index contributed by atoms with van der Waals surface area (Å²) in [6, 6.07) is -0.0694. The molecule has 5 nitrogen and oxygen atoms in total. The van der Waals surface area contributed by atoms with Crippen LogP contribution in [0.2, 0.25) is 0 Å². The Morgan fingerprint density at radius 2 is 1.75 bits per heavy atom. The topological polar surface area (TPSA) is 77.3 Å². The van der Waals surface area contributed by atoms with Crippen molar-refractivity contribution < 1.29 is 26.5 Å². The normalized spacial score (nSPS) is 11.5. The van der Waals surface area contributed by atoms with Crippen molar-refractivity contribution in [3.8, 4) is 0 Å². The Kier molecular flexibility index (Phi) is 3.10. The molecule has 0 unspecified atom stereocenters. The van der Waals surface area contributed by atoms with Gasteiger partial charge >= 0.3 is 5.69 Å². The van der Waals surface area contributed by atoms with Gasteiger partial charge in [0.15, 0.2) is 5.82 Å². The monoisotopic (exact) mass is 275 g/mol. The maximum Gasteiger partial charge on any atom is 0.344 e. The largest absolute Gasteiger partial charge is 0.344 e. The van der Waals surface area contributed by atoms with E-state index in [-0.39, 0.29) is 6.07 Å². The van der Waals surface area contributed by atoms with Crippen molar-refractivity contribution in [3.05, 3.63) is 33.6 Å². The van der Waals surface area contributed by atoms with Crippen LogP contribution < -0.4 is 0 Å². The third-order valence-electron chi connectivity index (χ3n) is 1.54. The SMILES string of the molecule is O=[N+]([O-])c1c(F)c(F)cc(S(=O)(=O)Cl)c1F. The summed E-state index contributed by atoms with van der Waals surface area (Å²) in [5.41, 5.74) is -1.90. The number of benzene rings is 1. The van der Waals surface area contributed by atoms with Gasteiger partial charge in [0.2, 0.25) is 11.6 Å². The Labute approximate surface area is 91.0 Å². The summed E-state index contributed by atoms with van der Waals surface area (Å²) < 4.78 is 60.1. The fourth-order valence-electron chi connectivity index (χ4n) is 0.906. The standard InChI is InChI=1S/C6HClF3NO4S/c7-16(14,15)3-1-2(8)4(9)6(5(3)10)11(12)13/h1H. The molecule has 0 aliphatic carbocycles. The van der Waals surface area contributed by atoms with Gasteiger partial charge in [-0.15, -0.1) is 0 Å². The quantitative estimate of drug-likeness (QED) is 0.358. The minimum atomic E-state index is -4.74. The molecular weight excluding hydrogens is 275 g/mol. The van der Waals surface area contributed by atoms with Crippen LogP contribution in [0.4, 0.5) is 18.9 Å². The van der Waals surface area contributed by atoms with Gasteiger partial charge in [0, 0.05) is 16.7 Å². The van der Waals surface area contributed by atoms with E-state index in [1.54, 1.807) is 0 Å². The lowest BCUT2D eigenvalue weighted by molar-refractivity contribution is -0.390. The third kappa shape index (κ3) is 2.09. The van der Waals surface area contributed by atoms with Gasteiger partial charge in [0.25, 0.3) is 9.05 Å². The van der Waals surface area contributed by atoms with Crippen molar-refractivity contribution in [2.24, 2.45) is 0 Å². The second kappa shape index (κ2) is 3.91. The molecule has 88 valence electrons. The second-order valence-corrected chi connectivity index (χ2v) is 5.06. The number of halogens is 4. The molecular formula is C6HClF3NO4S. The zero-order valence-electron chi connectivity index (χ0n) is 7.08. The number of nitrogens with zero attached hydrogens (tertiary/aromatic N) is 1. The molecule has 10 heteroatoms. The Morgan fingerprint density at radius 1 is 1.25 bits per heavy atom. The minimum Gasteiger partial charge on any atom is -0.258 e. The Balaban J connectivity index is 3.78. The van der Waals surface area contributed by atoms with E-state index in [1.807, 2.05) is 0 Å². The van der Waals surface area contributed by atoms with Crippen LogP contribution in [-0.4, -0.2) is 13.3 Å². The van der Waals surface area contributed by atoms with E-state index >= 15 is 0 Å². The summed E-state index contributed by atoms with van der Waals surface area (Å²) in [4.78, 5) is 7.12. The lowest BCUT2D eigenvalue weighted by Gasteiger charge is -2.01. The van der Waals surface area contributed by atoms with Crippen LogP contribution in [-0.2, 0) is 9.05 Å². The van der Waals surface area contributed by atoms with Crippen molar-refractivity contribution in [3.63, 3.8) is 0 Å². The molecule has 0 atom stereocenters. The lowest BCUT2D eigenvalue weighted by Crippen LogP contribution is -2.05. The molecule has 0 saturated carbocycles. The van der Waals surface area contributed by atoms with Gasteiger partial charge in [-0.1, -0.05) is 0 Å². The number of rotatable bonds is 2. The third-order valence-corrected chi connectivity index (χ3v) is 2.87. The van der Waals surface area contributed by atoms with E-state index in [9.17, 15) is 31.7 Å². The van der Waals surface area contributed by atoms with Crippen LogP contribution in [0.5, 0.6) is 0 Å². The lowest BCUT2D eigenvalue weighted by atomic mass is 10.3. The Morgan fingerprint density at radius 3 is 2.12 bits per heavy atom. The molecule has 0 aromatic heterocycles. The number of nitro groups is 1. The Hall–Kier alpha value is -1.35. The highest BCUT2D eigenvalue weighted by molar-refractivity contribution is 8.13. The summed E-state index contributed by atoms with van der Waals surface area (Å²) in [6.45, 7) is 0. The average Bonchev–Trinajstić information content (AvgIpc) is 2.09. The second-order valence-electron chi connectivity index (χ2n) is 2.53. The predicted octanol–water partition coefficient (Wildman–Crippen LogP) is 1.94. The van der Waals surface area contributed by atoms with E-state index in [0.29, 0.717) is 0 Å². The summed E-state index contributed by atoms with van der Waals surface area (Å²) >= 11 is 0. The van der Waals surface area contributed by atoms with Crippen LogP contribution in [0.25, 0.3) is 0 Å². The van der Waals surface area contributed by atoms with E-state index in [1.165, 1.54) is 0 Å². The van der Waals surface area contributed by atoms with Crippen molar-refractivity contribution in [2.45, 2.75) is 4.90 Å². The molecule has 0 heterocycles. The van der Waals surface area contributed by atoms with E-state index in [4.69, 9.17) is 0 Å². The summed E-state index contributed by atoms with van der Waals surface area (Å²) in [7, 11) is -0.0573. The van der Waals surface area contributed by atoms with Gasteiger partial charge < -0.3 is 0 Å². The van der Waals surface area contributed by atoms with Gasteiger partial charge in [-0.3, -0.25) is 10.1 Å². The zero-order chi connectivity index (χ0) is 12.7. The first kappa shape index (κ1) is 12.7. The van der Waals surface area contributed by atoms with Gasteiger partial charge in [-0.2, -0.15) is 8.78 Å². The maximum atomic E-state index is 13.1. The molecule has 16 heavy (non-hydrogen) atoms. The van der Waals surface area contributed by atoms with Crippen molar-refractivity contribution in [1.82, 2.24) is 0 Å². The molecule has 0 aliphatic heterocycles. The number of hydrogen-bond donors (Lipinski definition) is 0. The van der Waals surface area contributed by atoms with E-state index in [0.717, 1.165) is 0 Å². The molecule has 0 spiro atoms. The molecule has 1 aromatic carbocycles. The fraction of sp³-hybridized carbons (Fsp3) is 0. The first-order valence-electron chi connectivity index (χ1n) is 3.42. The molecule has 0 saturated heterocycles. The highest BCUT2D eigenvalue weighted by Gasteiger charge is 2.32. The van der Waals surface area contributed by atoms with Crippen LogP contribution in [0.1, 0.15) is 0 Å². The highest BCUT2D eigenvalue weighted by Crippen LogP contribution is 2.30. The van der Waals surface area contributed by atoms with Gasteiger partial charge in [-0.05, 0) is 0 Å². The first-order chi connectivity index (χ1) is 7.16. The van der Waals surface area contributed by atoms with Crippen molar-refractivity contribution in [2.75, 3.05) is 0 Å². The van der Waals surface area contributed by atoms with Gasteiger partial charge in [0.1, 0.15) is 4.90 Å². The fourth-order valence-corrected chi connectivity index (χ4v) is 1.80. The average molecular weight is 276 g/mol. The number of nitro benzene ring substituents is 1. The van der Waals surface area contributed by atoms with Crippen LogP contribution in [0.15, 0.2) is 11.0 Å². The summed E-state index contributed by atoms with van der Waals surface area (Å²) in [5, 5.41) is 10.2. The molecule has 0 aliphatic rings. The Bertz CT molecular complexity index is 574. The van der Waals surface area contributed by atoms with Gasteiger partial charge in [0.05, 0.1) is 4.92 Å². The first-order valence-corrected chi connectivity index (χ1v) is 5.73. The summed E-state index contributed by atoms with van der Waals surface area (Å²) in [5.74, 6) is -6.02. The predicted molar refractivity (Wildman–Crippen MR) is 46.0 cm³/mol. The smallest absolute Gasteiger partial charge is 0.258 e. The van der Waals surface area contributed by atoms with E-state index in [2.05, 4.69) is 10.7 Å². The van der Waals surface area contributed by atoms with Crippen LogP contribution in [0.3, 0.4) is 0 Å². The van der Waals surface area contributed by atoms with Gasteiger partial charge in [-0.25, -0.2) is 12.8 Å². The summed E-state index contributed by atoms with van der Waals surface area (Å²) in [6.07, 6.45) is 0. The molecule has 0 radical (unpaired) electrons. The van der Waals surface area contributed by atoms with E-state index < -0.39 is 42.0 Å². The molecule has 0 bridgehead atoms. The molecule has 0 N–H and O–H groups in total. The van der Waals surface area contributed by atoms with Crippen LogP contribution >= 0.6 is 10.7 Å². The molecule has 0 amide bonds. The maximum absolute atomic E-state index is 13.1.